The van der Waals surface area contributed by atoms with Gasteiger partial charge in [-0.25, -0.2) is 0 Å². The standard InChI is InChI=1S/2C15H23NO2.2C2H4O2/c2*1-18-13-7-5-12(6-8-13)14(11-16)15(17)9-3-2-4-10-15;2*1-2(3)4/h2*5-8,14,17H,2-4,9-11,16H2,1H3;2*1H3,(H,3,4). The van der Waals surface area contributed by atoms with Crippen molar-refractivity contribution >= 4 is 11.9 Å². The van der Waals surface area contributed by atoms with Gasteiger partial charge in [-0.1, -0.05) is 62.8 Å². The van der Waals surface area contributed by atoms with E-state index in [9.17, 15) is 10.2 Å². The van der Waals surface area contributed by atoms with Gasteiger partial charge in [-0.15, -0.1) is 0 Å². The molecule has 0 bridgehead atoms. The minimum Gasteiger partial charge on any atom is -0.550 e. The highest BCUT2D eigenvalue weighted by atomic mass is 16.5. The Morgan fingerprint density at radius 1 is 0.773 bits per heavy atom. The quantitative estimate of drug-likeness (QED) is 0.296. The number of nitrogens with two attached hydrogens (primary N) is 1. The van der Waals surface area contributed by atoms with E-state index < -0.39 is 23.1 Å². The number of carboxylic acids is 2. The molecule has 2 aliphatic rings. The van der Waals surface area contributed by atoms with Crippen LogP contribution in [0, 0.1) is 0 Å². The van der Waals surface area contributed by atoms with E-state index in [4.69, 9.17) is 35.0 Å². The van der Waals surface area contributed by atoms with E-state index in [1.807, 2.05) is 36.4 Å². The molecule has 0 aromatic heterocycles. The van der Waals surface area contributed by atoms with Gasteiger partial charge in [0.1, 0.15) is 11.5 Å². The minimum atomic E-state index is -1.08. The summed E-state index contributed by atoms with van der Waals surface area (Å²) in [6.45, 7) is 3.28. The molecule has 2 aromatic rings. The number of carboxylic acid groups (broad SMARTS) is 2. The smallest absolute Gasteiger partial charge is 0.300 e. The number of hydrogen-bond acceptors (Lipinski definition) is 8. The molecular weight excluding hydrogens is 564 g/mol. The highest BCUT2D eigenvalue weighted by Crippen LogP contribution is 2.40. The summed E-state index contributed by atoms with van der Waals surface area (Å²) in [7, 11) is 3.33. The van der Waals surface area contributed by atoms with Crippen LogP contribution < -0.4 is 26.0 Å². The second-order valence-corrected chi connectivity index (χ2v) is 11.5. The maximum atomic E-state index is 10.8. The van der Waals surface area contributed by atoms with Gasteiger partial charge in [-0.05, 0) is 68.0 Å². The van der Waals surface area contributed by atoms with Crippen molar-refractivity contribution in [1.29, 1.82) is 0 Å². The van der Waals surface area contributed by atoms with Crippen LogP contribution in [0.25, 0.3) is 0 Å². The Labute approximate surface area is 262 Å². The lowest BCUT2D eigenvalue weighted by molar-refractivity contribution is -0.380. The van der Waals surface area contributed by atoms with Gasteiger partial charge in [-0.3, -0.25) is 4.79 Å². The van der Waals surface area contributed by atoms with Crippen molar-refractivity contribution in [3.63, 3.8) is 0 Å². The van der Waals surface area contributed by atoms with Crippen LogP contribution >= 0.6 is 0 Å². The molecule has 2 aromatic carbocycles. The van der Waals surface area contributed by atoms with Crippen molar-refractivity contribution < 1.29 is 45.2 Å². The van der Waals surface area contributed by atoms with E-state index in [0.717, 1.165) is 88.8 Å². The van der Waals surface area contributed by atoms with Crippen molar-refractivity contribution in [3.05, 3.63) is 59.7 Å². The first-order chi connectivity index (χ1) is 20.8. The third-order valence-corrected chi connectivity index (χ3v) is 8.30. The molecule has 4 rings (SSSR count). The molecule has 44 heavy (non-hydrogen) atoms. The lowest BCUT2D eigenvalue weighted by Crippen LogP contribution is -2.58. The second kappa shape index (κ2) is 20.0. The monoisotopic (exact) mass is 618 g/mol. The molecule has 0 spiro atoms. The average molecular weight is 619 g/mol. The van der Waals surface area contributed by atoms with Gasteiger partial charge in [0.15, 0.2) is 0 Å². The van der Waals surface area contributed by atoms with Gasteiger partial charge in [0.25, 0.3) is 5.97 Å². The van der Waals surface area contributed by atoms with Crippen LogP contribution in [0.4, 0.5) is 0 Å². The van der Waals surface area contributed by atoms with E-state index in [1.165, 1.54) is 18.4 Å². The van der Waals surface area contributed by atoms with Crippen molar-refractivity contribution in [2.24, 2.45) is 5.73 Å². The zero-order valence-electron chi connectivity index (χ0n) is 26.9. The Morgan fingerprint density at radius 2 is 1.07 bits per heavy atom. The summed E-state index contributed by atoms with van der Waals surface area (Å²) in [5, 5.41) is 37.9. The predicted octanol–water partition coefficient (Wildman–Crippen LogP) is 3.00. The Kier molecular flexibility index (Phi) is 17.6. The van der Waals surface area contributed by atoms with Gasteiger partial charge in [-0.2, -0.15) is 0 Å². The minimum absolute atomic E-state index is 0.0312. The van der Waals surface area contributed by atoms with E-state index >= 15 is 0 Å². The summed E-state index contributed by atoms with van der Waals surface area (Å²) in [6, 6.07) is 15.9. The number of quaternary nitrogens is 1. The normalized spacial score (nSPS) is 17.8. The molecule has 0 heterocycles. The lowest BCUT2D eigenvalue weighted by atomic mass is 9.73. The molecule has 2 aliphatic carbocycles. The summed E-state index contributed by atoms with van der Waals surface area (Å²) < 4.78 is 10.3. The van der Waals surface area contributed by atoms with E-state index in [1.54, 1.807) is 14.2 Å². The topological polar surface area (TPSA) is 190 Å². The van der Waals surface area contributed by atoms with E-state index in [2.05, 4.69) is 17.9 Å². The van der Waals surface area contributed by atoms with Crippen molar-refractivity contribution in [3.8, 4) is 11.5 Å². The van der Waals surface area contributed by atoms with Crippen molar-refractivity contribution in [1.82, 2.24) is 0 Å². The Bertz CT molecular complexity index is 984. The first kappa shape index (κ1) is 38.8. The fourth-order valence-electron chi connectivity index (χ4n) is 6.11. The second-order valence-electron chi connectivity index (χ2n) is 11.5. The van der Waals surface area contributed by atoms with Crippen LogP contribution in [0.3, 0.4) is 0 Å². The number of benzene rings is 2. The van der Waals surface area contributed by atoms with Gasteiger partial charge in [0, 0.05) is 25.4 Å². The summed E-state index contributed by atoms with van der Waals surface area (Å²) in [5.74, 6) is -0.0465. The number of aliphatic carboxylic acids is 2. The molecule has 10 nitrogen and oxygen atoms in total. The predicted molar refractivity (Wildman–Crippen MR) is 168 cm³/mol. The Hall–Kier alpha value is -3.18. The molecule has 0 aliphatic heterocycles. The van der Waals surface area contributed by atoms with Gasteiger partial charge in [0.05, 0.1) is 37.9 Å². The molecule has 248 valence electrons. The highest BCUT2D eigenvalue weighted by molar-refractivity contribution is 5.63. The summed E-state index contributed by atoms with van der Waals surface area (Å²) in [4.78, 5) is 17.9. The van der Waals surface area contributed by atoms with Crippen molar-refractivity contribution in [2.45, 2.75) is 101 Å². The van der Waals surface area contributed by atoms with Gasteiger partial charge in [0.2, 0.25) is 0 Å². The third-order valence-electron chi connectivity index (χ3n) is 8.30. The molecule has 2 atom stereocenters. The SMILES string of the molecule is CC(=O)O.CC(=O)[O-].COc1ccc(C(CN)C2(O)CCCCC2)cc1.COc1ccc(C(C[NH3+])C2(O)CCCCC2)cc1. The molecular formula is C34H54N2O8. The maximum Gasteiger partial charge on any atom is 0.300 e. The first-order valence-corrected chi connectivity index (χ1v) is 15.4. The zero-order chi connectivity index (χ0) is 33.2. The summed E-state index contributed by atoms with van der Waals surface area (Å²) >= 11 is 0. The number of methoxy groups -OCH3 is 2. The fraction of sp³-hybridized carbons (Fsp3) is 0.588. The van der Waals surface area contributed by atoms with Gasteiger partial charge < -0.3 is 46.2 Å². The maximum absolute atomic E-state index is 10.8. The number of carbonyl (C=O) groups excluding carboxylic acids is 1. The van der Waals surface area contributed by atoms with E-state index in [0.29, 0.717) is 6.54 Å². The van der Waals surface area contributed by atoms with Crippen LogP contribution in [0.5, 0.6) is 11.5 Å². The molecule has 2 fully saturated rings. The largest absolute Gasteiger partial charge is 0.550 e. The summed E-state index contributed by atoms with van der Waals surface area (Å²) in [6.07, 6.45) is 10.5. The number of aliphatic hydroxyl groups is 2. The van der Waals surface area contributed by atoms with Crippen LogP contribution in [0.1, 0.15) is 101 Å². The first-order valence-electron chi connectivity index (χ1n) is 15.4. The van der Waals surface area contributed by atoms with Crippen LogP contribution in [0.2, 0.25) is 0 Å². The number of ether oxygens (including phenoxy) is 2. The summed E-state index contributed by atoms with van der Waals surface area (Å²) in [5.41, 5.74) is 11.0. The molecule has 2 saturated carbocycles. The van der Waals surface area contributed by atoms with Crippen LogP contribution in [-0.4, -0.2) is 65.8 Å². The number of rotatable bonds is 8. The zero-order valence-corrected chi connectivity index (χ0v) is 26.9. The molecule has 8 N–H and O–H groups in total. The number of hydrogen-bond donors (Lipinski definition) is 5. The molecule has 2 unspecified atom stereocenters. The Morgan fingerprint density at radius 3 is 1.34 bits per heavy atom. The lowest BCUT2D eigenvalue weighted by Gasteiger charge is -2.39. The Balaban J connectivity index is 0.000000355. The van der Waals surface area contributed by atoms with E-state index in [-0.39, 0.29) is 11.8 Å². The number of carbonyl (C=O) groups is 2. The van der Waals surface area contributed by atoms with Crippen LogP contribution in [0.15, 0.2) is 48.5 Å². The molecule has 0 amide bonds. The average Bonchev–Trinajstić information content (AvgIpc) is 2.99. The highest BCUT2D eigenvalue weighted by Gasteiger charge is 2.39. The molecule has 0 radical (unpaired) electrons. The molecule has 0 saturated heterocycles. The van der Waals surface area contributed by atoms with Crippen LogP contribution in [-0.2, 0) is 9.59 Å². The fourth-order valence-corrected chi connectivity index (χ4v) is 6.11. The van der Waals surface area contributed by atoms with Crippen molar-refractivity contribution in [2.75, 3.05) is 27.3 Å². The van der Waals surface area contributed by atoms with Gasteiger partial charge >= 0.3 is 0 Å². The third kappa shape index (κ3) is 13.2. The molecule has 10 heteroatoms.